The quantitative estimate of drug-likeness (QED) is 0.349. The van der Waals surface area contributed by atoms with E-state index in [9.17, 15) is 14.7 Å². The average Bonchev–Trinajstić information content (AvgIpc) is 3.17. The number of nitrogens with zero attached hydrogens (tertiary/aromatic N) is 1. The van der Waals surface area contributed by atoms with Crippen LogP contribution in [0.25, 0.3) is 0 Å². The fraction of sp³-hybridized carbons (Fsp3) is 0.310. The molecule has 0 saturated heterocycles. The van der Waals surface area contributed by atoms with Crippen LogP contribution in [0.1, 0.15) is 46.8 Å². The second-order valence-corrected chi connectivity index (χ2v) is 10.3. The number of halogens is 1. The van der Waals surface area contributed by atoms with Crippen molar-refractivity contribution in [3.8, 4) is 5.75 Å². The molecule has 0 aromatic heterocycles. The van der Waals surface area contributed by atoms with Crippen LogP contribution in [0.5, 0.6) is 5.75 Å². The third kappa shape index (κ3) is 6.73. The maximum Gasteiger partial charge on any atom is 0.305 e. The summed E-state index contributed by atoms with van der Waals surface area (Å²) in [6.07, 6.45) is 3.01. The van der Waals surface area contributed by atoms with E-state index in [4.69, 9.17) is 4.74 Å². The summed E-state index contributed by atoms with van der Waals surface area (Å²) in [5.74, 6) is -0.233. The number of rotatable bonds is 10. The van der Waals surface area contributed by atoms with Crippen LogP contribution in [-0.4, -0.2) is 40.6 Å². The van der Waals surface area contributed by atoms with E-state index in [1.54, 1.807) is 11.0 Å². The second-order valence-electron chi connectivity index (χ2n) is 9.38. The number of ether oxygens (including phenoxy) is 1. The summed E-state index contributed by atoms with van der Waals surface area (Å²) in [6, 6.07) is 23.9. The van der Waals surface area contributed by atoms with Gasteiger partial charge in [-0.15, -0.1) is 0 Å². The molecule has 0 radical (unpaired) electrons. The summed E-state index contributed by atoms with van der Waals surface area (Å²) in [7, 11) is 0. The van der Waals surface area contributed by atoms with Gasteiger partial charge in [-0.05, 0) is 66.8 Å². The van der Waals surface area contributed by atoms with E-state index >= 15 is 0 Å². The SMILES string of the molecule is C[C@@]1(Cc2ccc(Br)cc2)Cc2cc(C(=O)N(CCCc3ccccc3)CCC(=O)O)ccc2O1. The number of benzene rings is 3. The lowest BCUT2D eigenvalue weighted by molar-refractivity contribution is -0.137. The van der Waals surface area contributed by atoms with Gasteiger partial charge in [-0.25, -0.2) is 0 Å². The number of aliphatic carboxylic acids is 1. The maximum absolute atomic E-state index is 13.4. The van der Waals surface area contributed by atoms with Crippen molar-refractivity contribution in [2.24, 2.45) is 0 Å². The van der Waals surface area contributed by atoms with Crippen LogP contribution in [0.2, 0.25) is 0 Å². The molecule has 6 heteroatoms. The van der Waals surface area contributed by atoms with Gasteiger partial charge in [0.2, 0.25) is 0 Å². The first-order chi connectivity index (χ1) is 16.8. The van der Waals surface area contributed by atoms with Gasteiger partial charge in [-0.2, -0.15) is 0 Å². The number of carboxylic acids is 1. The van der Waals surface area contributed by atoms with Crippen LogP contribution in [0.3, 0.4) is 0 Å². The molecular weight excluding hydrogens is 506 g/mol. The Bertz CT molecular complexity index is 1180. The summed E-state index contributed by atoms with van der Waals surface area (Å²) >= 11 is 3.47. The van der Waals surface area contributed by atoms with E-state index in [-0.39, 0.29) is 24.5 Å². The number of hydrogen-bond donors (Lipinski definition) is 1. The molecule has 0 bridgehead atoms. The predicted molar refractivity (Wildman–Crippen MR) is 140 cm³/mol. The van der Waals surface area contributed by atoms with Crippen molar-refractivity contribution >= 4 is 27.8 Å². The lowest BCUT2D eigenvalue weighted by atomic mass is 9.91. The zero-order chi connectivity index (χ0) is 24.8. The molecule has 0 fully saturated rings. The normalized spacial score (nSPS) is 16.4. The fourth-order valence-electron chi connectivity index (χ4n) is 4.63. The van der Waals surface area contributed by atoms with Gasteiger partial charge in [0.05, 0.1) is 6.42 Å². The summed E-state index contributed by atoms with van der Waals surface area (Å²) in [5.41, 5.74) is 3.61. The highest BCUT2D eigenvalue weighted by atomic mass is 79.9. The molecule has 0 saturated carbocycles. The van der Waals surface area contributed by atoms with Crippen LogP contribution >= 0.6 is 15.9 Å². The van der Waals surface area contributed by atoms with Crippen LogP contribution in [0.4, 0.5) is 0 Å². The third-order valence-corrected chi connectivity index (χ3v) is 6.87. The van der Waals surface area contributed by atoms with Crippen molar-refractivity contribution in [3.63, 3.8) is 0 Å². The number of carbonyl (C=O) groups is 2. The van der Waals surface area contributed by atoms with E-state index in [2.05, 4.69) is 47.1 Å². The van der Waals surface area contributed by atoms with Gasteiger partial charge in [-0.3, -0.25) is 9.59 Å². The van der Waals surface area contributed by atoms with Gasteiger partial charge in [0.25, 0.3) is 5.91 Å². The minimum Gasteiger partial charge on any atom is -0.487 e. The second kappa shape index (κ2) is 11.1. The molecule has 3 aromatic carbocycles. The van der Waals surface area contributed by atoms with E-state index in [0.717, 1.165) is 35.0 Å². The Labute approximate surface area is 214 Å². The predicted octanol–water partition coefficient (Wildman–Crippen LogP) is 5.94. The maximum atomic E-state index is 13.4. The smallest absolute Gasteiger partial charge is 0.305 e. The highest BCUT2D eigenvalue weighted by Gasteiger charge is 2.35. The summed E-state index contributed by atoms with van der Waals surface area (Å²) in [4.78, 5) is 26.2. The Morgan fingerprint density at radius 2 is 1.74 bits per heavy atom. The third-order valence-electron chi connectivity index (χ3n) is 6.34. The van der Waals surface area contributed by atoms with E-state index in [0.29, 0.717) is 18.5 Å². The molecule has 3 aromatic rings. The number of hydrogen-bond acceptors (Lipinski definition) is 3. The molecule has 0 unspecified atom stereocenters. The lowest BCUT2D eigenvalue weighted by Crippen LogP contribution is -2.34. The molecule has 1 aliphatic rings. The minimum absolute atomic E-state index is 0.0730. The monoisotopic (exact) mass is 535 g/mol. The molecule has 0 aliphatic carbocycles. The lowest BCUT2D eigenvalue weighted by Gasteiger charge is -2.24. The molecule has 0 spiro atoms. The number of carboxylic acid groups (broad SMARTS) is 1. The first kappa shape index (κ1) is 25.0. The Morgan fingerprint density at radius 1 is 1.00 bits per heavy atom. The largest absolute Gasteiger partial charge is 0.487 e. The van der Waals surface area contributed by atoms with Crippen molar-refractivity contribution in [3.05, 3.63) is 99.5 Å². The Kier molecular flexibility index (Phi) is 7.91. The molecule has 35 heavy (non-hydrogen) atoms. The molecule has 182 valence electrons. The van der Waals surface area contributed by atoms with E-state index < -0.39 is 5.97 Å². The highest BCUT2D eigenvalue weighted by molar-refractivity contribution is 9.10. The van der Waals surface area contributed by atoms with Crippen molar-refractivity contribution < 1.29 is 19.4 Å². The molecule has 1 heterocycles. The number of carbonyl (C=O) groups excluding carboxylic acids is 1. The molecule has 4 rings (SSSR count). The molecule has 1 aliphatic heterocycles. The van der Waals surface area contributed by atoms with E-state index in [1.165, 1.54) is 11.1 Å². The Balaban J connectivity index is 1.44. The summed E-state index contributed by atoms with van der Waals surface area (Å²) in [5, 5.41) is 9.18. The van der Waals surface area contributed by atoms with Crippen molar-refractivity contribution in [2.75, 3.05) is 13.1 Å². The van der Waals surface area contributed by atoms with Crippen LogP contribution in [-0.2, 0) is 24.1 Å². The van der Waals surface area contributed by atoms with Gasteiger partial charge in [0.15, 0.2) is 0 Å². The van der Waals surface area contributed by atoms with E-state index in [1.807, 2.05) is 42.5 Å². The van der Waals surface area contributed by atoms with Crippen molar-refractivity contribution in [1.29, 1.82) is 0 Å². The molecule has 1 atom stereocenters. The first-order valence-corrected chi connectivity index (χ1v) is 12.7. The molecular formula is C29H30BrNO4. The van der Waals surface area contributed by atoms with Crippen molar-refractivity contribution in [2.45, 2.75) is 44.6 Å². The van der Waals surface area contributed by atoms with Gasteiger partial charge in [0.1, 0.15) is 11.4 Å². The van der Waals surface area contributed by atoms with Crippen LogP contribution < -0.4 is 4.74 Å². The fourth-order valence-corrected chi connectivity index (χ4v) is 4.90. The Morgan fingerprint density at radius 3 is 2.46 bits per heavy atom. The number of fused-ring (bicyclic) bond motifs is 1. The summed E-state index contributed by atoms with van der Waals surface area (Å²) in [6.45, 7) is 2.80. The molecule has 1 N–H and O–H groups in total. The summed E-state index contributed by atoms with van der Waals surface area (Å²) < 4.78 is 7.35. The van der Waals surface area contributed by atoms with Crippen molar-refractivity contribution in [1.82, 2.24) is 4.90 Å². The minimum atomic E-state index is -0.906. The zero-order valence-corrected chi connectivity index (χ0v) is 21.5. The number of amides is 1. The molecule has 5 nitrogen and oxygen atoms in total. The van der Waals surface area contributed by atoms with Crippen LogP contribution in [0.15, 0.2) is 77.3 Å². The standard InChI is InChI=1S/C29H30BrNO4/c1-29(19-22-9-12-25(30)13-10-22)20-24-18-23(11-14-26(24)35-29)28(34)31(17-15-27(32)33)16-5-8-21-6-3-2-4-7-21/h2-4,6-7,9-14,18H,5,8,15-17,19-20H2,1H3,(H,32,33)/t29-/m1/s1. The first-order valence-electron chi connectivity index (χ1n) is 11.9. The van der Waals surface area contributed by atoms with Gasteiger partial charge >= 0.3 is 5.97 Å². The zero-order valence-electron chi connectivity index (χ0n) is 19.9. The average molecular weight is 536 g/mol. The van der Waals surface area contributed by atoms with Gasteiger partial charge in [-0.1, -0.05) is 58.4 Å². The Hall–Kier alpha value is -3.12. The number of aryl methyl sites for hydroxylation is 1. The van der Waals surface area contributed by atoms with Crippen LogP contribution in [0, 0.1) is 0 Å². The van der Waals surface area contributed by atoms with Gasteiger partial charge in [0, 0.05) is 36.0 Å². The van der Waals surface area contributed by atoms with Gasteiger partial charge < -0.3 is 14.7 Å². The topological polar surface area (TPSA) is 66.8 Å². The highest BCUT2D eigenvalue weighted by Crippen LogP contribution is 2.37. The molecule has 1 amide bonds.